The third kappa shape index (κ3) is 4.37. The predicted octanol–water partition coefficient (Wildman–Crippen LogP) is 2.80. The molecule has 0 spiro atoms. The number of amides is 2. The Labute approximate surface area is 133 Å². The zero-order chi connectivity index (χ0) is 17.0. The summed E-state index contributed by atoms with van der Waals surface area (Å²) in [5, 5.41) is 12.0. The van der Waals surface area contributed by atoms with Crippen LogP contribution in [0, 0.1) is 0 Å². The van der Waals surface area contributed by atoms with Crippen LogP contribution in [0.1, 0.15) is 30.9 Å². The van der Waals surface area contributed by atoms with Gasteiger partial charge in [-0.2, -0.15) is 13.2 Å². The number of benzene rings is 1. The number of alkyl halides is 3. The Morgan fingerprint density at radius 2 is 2.13 bits per heavy atom. The fraction of sp³-hybridized carbons (Fsp3) is 0.562. The van der Waals surface area contributed by atoms with Gasteiger partial charge in [0, 0.05) is 12.6 Å². The number of nitrogens with zero attached hydrogens (tertiary/aromatic N) is 1. The van der Waals surface area contributed by atoms with Gasteiger partial charge in [0.1, 0.15) is 0 Å². The second-order valence-corrected chi connectivity index (χ2v) is 5.88. The van der Waals surface area contributed by atoms with Crippen LogP contribution in [0.4, 0.5) is 18.0 Å². The van der Waals surface area contributed by atoms with Gasteiger partial charge in [-0.05, 0) is 37.8 Å². The molecule has 1 fully saturated rings. The van der Waals surface area contributed by atoms with E-state index in [1.807, 2.05) is 0 Å². The van der Waals surface area contributed by atoms with Crippen molar-refractivity contribution < 1.29 is 23.1 Å². The molecule has 1 aliphatic heterocycles. The molecular weight excluding hydrogens is 309 g/mol. The smallest absolute Gasteiger partial charge is 0.394 e. The molecule has 0 aliphatic carbocycles. The van der Waals surface area contributed by atoms with E-state index < -0.39 is 17.8 Å². The summed E-state index contributed by atoms with van der Waals surface area (Å²) in [6.07, 6.45) is -2.74. The Morgan fingerprint density at radius 3 is 2.78 bits per heavy atom. The van der Waals surface area contributed by atoms with E-state index in [1.165, 1.54) is 12.1 Å². The number of nitrogens with one attached hydrogen (secondary N) is 1. The first-order valence-corrected chi connectivity index (χ1v) is 7.66. The number of likely N-dealkylation sites (tertiary alicyclic amines) is 1. The van der Waals surface area contributed by atoms with Gasteiger partial charge in [-0.15, -0.1) is 0 Å². The number of hydrogen-bond acceptors (Lipinski definition) is 2. The molecule has 0 unspecified atom stereocenters. The van der Waals surface area contributed by atoms with Gasteiger partial charge in [0.2, 0.25) is 0 Å². The van der Waals surface area contributed by atoms with Crippen molar-refractivity contribution in [3.05, 3.63) is 35.4 Å². The topological polar surface area (TPSA) is 52.6 Å². The van der Waals surface area contributed by atoms with Crippen LogP contribution < -0.4 is 5.32 Å². The van der Waals surface area contributed by atoms with Crippen LogP contribution in [-0.2, 0) is 12.6 Å². The van der Waals surface area contributed by atoms with E-state index in [-0.39, 0.29) is 30.7 Å². The van der Waals surface area contributed by atoms with Gasteiger partial charge < -0.3 is 15.3 Å². The summed E-state index contributed by atoms with van der Waals surface area (Å²) in [5.41, 5.74) is -0.511. The maximum absolute atomic E-state index is 13.0. The lowest BCUT2D eigenvalue weighted by Crippen LogP contribution is -2.47. The van der Waals surface area contributed by atoms with Crippen molar-refractivity contribution in [2.75, 3.05) is 13.2 Å². The van der Waals surface area contributed by atoms with Crippen LogP contribution in [0.2, 0.25) is 0 Å². The first kappa shape index (κ1) is 17.6. The number of carbonyl (C=O) groups excluding carboxylic acids is 1. The molecule has 7 heteroatoms. The molecule has 0 bridgehead atoms. The number of rotatable bonds is 4. The average molecular weight is 330 g/mol. The largest absolute Gasteiger partial charge is 0.416 e. The molecule has 1 aromatic rings. The van der Waals surface area contributed by atoms with Gasteiger partial charge in [-0.3, -0.25) is 0 Å². The first-order valence-electron chi connectivity index (χ1n) is 7.66. The first-order chi connectivity index (χ1) is 10.8. The lowest BCUT2D eigenvalue weighted by Gasteiger charge is -2.26. The zero-order valence-corrected chi connectivity index (χ0v) is 12.9. The third-order valence-corrected chi connectivity index (χ3v) is 4.07. The summed E-state index contributed by atoms with van der Waals surface area (Å²) in [5.74, 6) is 0. The van der Waals surface area contributed by atoms with Crippen molar-refractivity contribution in [1.29, 1.82) is 0 Å². The molecule has 1 heterocycles. The Kier molecular flexibility index (Phi) is 5.51. The van der Waals surface area contributed by atoms with Crippen molar-refractivity contribution in [1.82, 2.24) is 10.2 Å². The fourth-order valence-electron chi connectivity index (χ4n) is 2.94. The molecule has 23 heavy (non-hydrogen) atoms. The SMILES string of the molecule is C[C@@H](Cc1ccccc1C(F)(F)F)NC(=O)N1CCC[C@H]1CO. The highest BCUT2D eigenvalue weighted by Crippen LogP contribution is 2.32. The van der Waals surface area contributed by atoms with Crippen LogP contribution in [0.3, 0.4) is 0 Å². The maximum atomic E-state index is 13.0. The molecular formula is C16H21F3N2O2. The van der Waals surface area contributed by atoms with E-state index in [9.17, 15) is 23.1 Å². The quantitative estimate of drug-likeness (QED) is 0.892. The molecule has 0 aromatic heterocycles. The standard InChI is InChI=1S/C16H21F3N2O2/c1-11(20-15(23)21-8-4-6-13(21)10-22)9-12-5-2-3-7-14(12)16(17,18)19/h2-3,5,7,11,13,22H,4,6,8-10H2,1H3,(H,20,23)/t11-,13-/m0/s1. The number of halogens is 3. The van der Waals surface area contributed by atoms with Gasteiger partial charge in [0.15, 0.2) is 0 Å². The second-order valence-electron chi connectivity index (χ2n) is 5.88. The normalized spacial score (nSPS) is 19.7. The highest BCUT2D eigenvalue weighted by molar-refractivity contribution is 5.75. The minimum absolute atomic E-state index is 0.0963. The van der Waals surface area contributed by atoms with Crippen molar-refractivity contribution >= 4 is 6.03 Å². The summed E-state index contributed by atoms with van der Waals surface area (Å²) in [6.45, 7) is 2.14. The van der Waals surface area contributed by atoms with Gasteiger partial charge in [0.05, 0.1) is 18.2 Å². The molecule has 2 atom stereocenters. The van der Waals surface area contributed by atoms with Crippen molar-refractivity contribution in [2.45, 2.75) is 44.4 Å². The number of carbonyl (C=O) groups is 1. The molecule has 1 aliphatic rings. The highest BCUT2D eigenvalue weighted by Gasteiger charge is 2.33. The van der Waals surface area contributed by atoms with Gasteiger partial charge in [-0.25, -0.2) is 4.79 Å². The molecule has 0 radical (unpaired) electrons. The number of urea groups is 1. The third-order valence-electron chi connectivity index (χ3n) is 4.07. The van der Waals surface area contributed by atoms with Crippen molar-refractivity contribution in [3.8, 4) is 0 Å². The van der Waals surface area contributed by atoms with E-state index in [1.54, 1.807) is 17.9 Å². The maximum Gasteiger partial charge on any atom is 0.416 e. The Hall–Kier alpha value is -1.76. The summed E-state index contributed by atoms with van der Waals surface area (Å²) in [6, 6.07) is 4.41. The van der Waals surface area contributed by atoms with Gasteiger partial charge >= 0.3 is 12.2 Å². The van der Waals surface area contributed by atoms with Crippen LogP contribution in [0.5, 0.6) is 0 Å². The monoisotopic (exact) mass is 330 g/mol. The predicted molar refractivity (Wildman–Crippen MR) is 80.0 cm³/mol. The molecule has 1 saturated heterocycles. The van der Waals surface area contributed by atoms with Gasteiger partial charge in [-0.1, -0.05) is 18.2 Å². The van der Waals surface area contributed by atoms with Gasteiger partial charge in [0.25, 0.3) is 0 Å². The average Bonchev–Trinajstić information content (AvgIpc) is 2.95. The highest BCUT2D eigenvalue weighted by atomic mass is 19.4. The van der Waals surface area contributed by atoms with Crippen molar-refractivity contribution in [2.24, 2.45) is 0 Å². The molecule has 4 nitrogen and oxygen atoms in total. The molecule has 1 aromatic carbocycles. The Balaban J connectivity index is 2.00. The van der Waals surface area contributed by atoms with Crippen LogP contribution in [-0.4, -0.2) is 41.3 Å². The fourth-order valence-corrected chi connectivity index (χ4v) is 2.94. The van der Waals surface area contributed by atoms with E-state index in [2.05, 4.69) is 5.32 Å². The molecule has 0 saturated carbocycles. The van der Waals surface area contributed by atoms with Crippen molar-refractivity contribution in [3.63, 3.8) is 0 Å². The van der Waals surface area contributed by atoms with Crippen LogP contribution in [0.25, 0.3) is 0 Å². The number of hydrogen-bond donors (Lipinski definition) is 2. The Morgan fingerprint density at radius 1 is 1.43 bits per heavy atom. The molecule has 2 N–H and O–H groups in total. The summed E-state index contributed by atoms with van der Waals surface area (Å²) in [7, 11) is 0. The lowest BCUT2D eigenvalue weighted by molar-refractivity contribution is -0.138. The van der Waals surface area contributed by atoms with Crippen LogP contribution in [0.15, 0.2) is 24.3 Å². The zero-order valence-electron chi connectivity index (χ0n) is 12.9. The van der Waals surface area contributed by atoms with E-state index in [0.29, 0.717) is 6.54 Å². The van der Waals surface area contributed by atoms with E-state index in [0.717, 1.165) is 18.9 Å². The van der Waals surface area contributed by atoms with Crippen LogP contribution >= 0.6 is 0 Å². The minimum atomic E-state index is -4.41. The number of aliphatic hydroxyl groups excluding tert-OH is 1. The van der Waals surface area contributed by atoms with E-state index in [4.69, 9.17) is 0 Å². The summed E-state index contributed by atoms with van der Waals surface area (Å²) in [4.78, 5) is 13.7. The molecule has 2 rings (SSSR count). The number of aliphatic hydroxyl groups is 1. The lowest BCUT2D eigenvalue weighted by atomic mass is 10.0. The Bertz CT molecular complexity index is 548. The van der Waals surface area contributed by atoms with E-state index >= 15 is 0 Å². The second kappa shape index (κ2) is 7.21. The molecule has 2 amide bonds. The minimum Gasteiger partial charge on any atom is -0.394 e. The summed E-state index contributed by atoms with van der Waals surface area (Å²) < 4.78 is 38.9. The molecule has 128 valence electrons. The summed E-state index contributed by atoms with van der Waals surface area (Å²) >= 11 is 0.